The number of nitrogens with two attached hydrogens (primary N) is 3. The van der Waals surface area contributed by atoms with Crippen LogP contribution >= 0.6 is 0 Å². The molecule has 0 aliphatic heterocycles. The lowest BCUT2D eigenvalue weighted by atomic mass is 9.91. The monoisotopic (exact) mass is 257 g/mol. The molecule has 2 aromatic heterocycles. The minimum Gasteiger partial charge on any atom is -0.382 e. The quantitative estimate of drug-likeness (QED) is 0.649. The summed E-state index contributed by atoms with van der Waals surface area (Å²) in [5, 5.41) is 0. The SMILES string of the molecule is Nc1nc(N)c2nc(C3CC=CCC3)c(N)nc2n1. The highest BCUT2D eigenvalue weighted by Crippen LogP contribution is 2.32. The van der Waals surface area contributed by atoms with Gasteiger partial charge in [-0.25, -0.2) is 9.97 Å². The molecule has 0 spiro atoms. The first kappa shape index (κ1) is 11.6. The number of nitrogen functional groups attached to an aromatic ring is 3. The molecule has 7 nitrogen and oxygen atoms in total. The van der Waals surface area contributed by atoms with Gasteiger partial charge in [-0.1, -0.05) is 12.2 Å². The van der Waals surface area contributed by atoms with E-state index in [1.807, 2.05) is 0 Å². The maximum Gasteiger partial charge on any atom is 0.224 e. The number of allylic oxidation sites excluding steroid dienone is 2. The van der Waals surface area contributed by atoms with Gasteiger partial charge in [-0.3, -0.25) is 0 Å². The molecule has 0 fully saturated rings. The van der Waals surface area contributed by atoms with Crippen molar-refractivity contribution < 1.29 is 0 Å². The van der Waals surface area contributed by atoms with Gasteiger partial charge in [-0.2, -0.15) is 9.97 Å². The molecular formula is C12H15N7. The Balaban J connectivity index is 2.15. The minimum absolute atomic E-state index is 0.0760. The first-order valence-corrected chi connectivity index (χ1v) is 6.16. The molecule has 7 heteroatoms. The molecule has 0 aromatic carbocycles. The summed E-state index contributed by atoms with van der Waals surface area (Å²) in [7, 11) is 0. The van der Waals surface area contributed by atoms with Crippen molar-refractivity contribution >= 4 is 28.7 Å². The molecule has 1 unspecified atom stereocenters. The second kappa shape index (κ2) is 4.34. The van der Waals surface area contributed by atoms with Gasteiger partial charge in [0.15, 0.2) is 17.0 Å². The van der Waals surface area contributed by atoms with Gasteiger partial charge in [0, 0.05) is 5.92 Å². The fourth-order valence-corrected chi connectivity index (χ4v) is 2.35. The van der Waals surface area contributed by atoms with E-state index in [9.17, 15) is 0 Å². The van der Waals surface area contributed by atoms with Crippen molar-refractivity contribution in [3.8, 4) is 0 Å². The minimum atomic E-state index is 0.0760. The summed E-state index contributed by atoms with van der Waals surface area (Å²) in [6.07, 6.45) is 7.26. The molecule has 1 aliphatic carbocycles. The van der Waals surface area contributed by atoms with Gasteiger partial charge in [0.05, 0.1) is 5.69 Å². The van der Waals surface area contributed by atoms with Crippen LogP contribution in [0.4, 0.5) is 17.6 Å². The molecule has 0 bridgehead atoms. The lowest BCUT2D eigenvalue weighted by Gasteiger charge is -2.18. The Bertz CT molecular complexity index is 665. The molecule has 0 saturated heterocycles. The molecule has 3 rings (SSSR count). The van der Waals surface area contributed by atoms with Gasteiger partial charge >= 0.3 is 0 Å². The summed E-state index contributed by atoms with van der Waals surface area (Å²) < 4.78 is 0. The zero-order valence-electron chi connectivity index (χ0n) is 10.4. The smallest absolute Gasteiger partial charge is 0.224 e. The highest BCUT2D eigenvalue weighted by atomic mass is 15.1. The van der Waals surface area contributed by atoms with Crippen LogP contribution in [0.3, 0.4) is 0 Å². The van der Waals surface area contributed by atoms with E-state index in [0.717, 1.165) is 25.0 Å². The van der Waals surface area contributed by atoms with Crippen LogP contribution in [0.25, 0.3) is 11.2 Å². The number of hydrogen-bond acceptors (Lipinski definition) is 7. The molecule has 6 N–H and O–H groups in total. The normalized spacial score (nSPS) is 18.8. The van der Waals surface area contributed by atoms with Crippen LogP contribution < -0.4 is 17.2 Å². The van der Waals surface area contributed by atoms with Gasteiger partial charge < -0.3 is 17.2 Å². The third kappa shape index (κ3) is 2.03. The third-order valence-electron chi connectivity index (χ3n) is 3.29. The Kier molecular flexibility index (Phi) is 2.66. The average molecular weight is 257 g/mol. The summed E-state index contributed by atoms with van der Waals surface area (Å²) in [6, 6.07) is 0. The lowest BCUT2D eigenvalue weighted by Crippen LogP contribution is -2.11. The van der Waals surface area contributed by atoms with Gasteiger partial charge in [0.1, 0.15) is 5.82 Å². The van der Waals surface area contributed by atoms with E-state index in [4.69, 9.17) is 17.2 Å². The molecule has 0 amide bonds. The van der Waals surface area contributed by atoms with E-state index < -0.39 is 0 Å². The molecule has 0 saturated carbocycles. The summed E-state index contributed by atoms with van der Waals surface area (Å²) in [6.45, 7) is 0. The highest BCUT2D eigenvalue weighted by Gasteiger charge is 2.20. The second-order valence-corrected chi connectivity index (χ2v) is 4.61. The predicted molar refractivity (Wildman–Crippen MR) is 74.1 cm³/mol. The molecule has 98 valence electrons. The Morgan fingerprint density at radius 3 is 2.53 bits per heavy atom. The molecular weight excluding hydrogens is 242 g/mol. The molecule has 1 aliphatic rings. The molecule has 0 radical (unpaired) electrons. The Hall–Kier alpha value is -2.44. The van der Waals surface area contributed by atoms with E-state index in [1.54, 1.807) is 0 Å². The summed E-state index contributed by atoms with van der Waals surface area (Å²) >= 11 is 0. The van der Waals surface area contributed by atoms with E-state index in [2.05, 4.69) is 32.1 Å². The number of hydrogen-bond donors (Lipinski definition) is 3. The van der Waals surface area contributed by atoms with Gasteiger partial charge in [0.2, 0.25) is 5.95 Å². The fraction of sp³-hybridized carbons (Fsp3) is 0.333. The standard InChI is InChI=1S/C12H15N7/c13-9-7(6-4-2-1-3-5-6)16-8-10(14)18-12(15)19-11(8)17-9/h1-2,6H,3-5H2,(H6,13,14,15,17,18,19). The van der Waals surface area contributed by atoms with Crippen LogP contribution in [0.2, 0.25) is 0 Å². The van der Waals surface area contributed by atoms with Crippen molar-refractivity contribution in [1.29, 1.82) is 0 Å². The predicted octanol–water partition coefficient (Wildman–Crippen LogP) is 0.990. The third-order valence-corrected chi connectivity index (χ3v) is 3.29. The summed E-state index contributed by atoms with van der Waals surface area (Å²) in [5.41, 5.74) is 18.9. The molecule has 2 aromatic rings. The first-order chi connectivity index (χ1) is 9.15. The van der Waals surface area contributed by atoms with Crippen LogP contribution in [0.15, 0.2) is 12.2 Å². The maximum absolute atomic E-state index is 5.98. The fourth-order valence-electron chi connectivity index (χ4n) is 2.35. The molecule has 1 atom stereocenters. The molecule has 19 heavy (non-hydrogen) atoms. The van der Waals surface area contributed by atoms with Gasteiger partial charge in [0.25, 0.3) is 0 Å². The largest absolute Gasteiger partial charge is 0.382 e. The zero-order valence-corrected chi connectivity index (χ0v) is 10.4. The number of nitrogens with zero attached hydrogens (tertiary/aromatic N) is 4. The Morgan fingerprint density at radius 1 is 0.947 bits per heavy atom. The second-order valence-electron chi connectivity index (χ2n) is 4.61. The van der Waals surface area contributed by atoms with Crippen molar-refractivity contribution in [1.82, 2.24) is 19.9 Å². The number of rotatable bonds is 1. The Morgan fingerprint density at radius 2 is 1.79 bits per heavy atom. The van der Waals surface area contributed by atoms with Crippen molar-refractivity contribution in [2.45, 2.75) is 25.2 Å². The van der Waals surface area contributed by atoms with E-state index >= 15 is 0 Å². The van der Waals surface area contributed by atoms with Crippen molar-refractivity contribution in [3.63, 3.8) is 0 Å². The molecule has 2 heterocycles. The van der Waals surface area contributed by atoms with Gasteiger partial charge in [-0.15, -0.1) is 0 Å². The topological polar surface area (TPSA) is 130 Å². The summed E-state index contributed by atoms with van der Waals surface area (Å²) in [4.78, 5) is 16.7. The zero-order chi connectivity index (χ0) is 13.4. The van der Waals surface area contributed by atoms with Crippen molar-refractivity contribution in [2.24, 2.45) is 0 Å². The van der Waals surface area contributed by atoms with E-state index in [0.29, 0.717) is 17.0 Å². The van der Waals surface area contributed by atoms with Crippen molar-refractivity contribution in [3.05, 3.63) is 17.8 Å². The van der Waals surface area contributed by atoms with Gasteiger partial charge in [-0.05, 0) is 19.3 Å². The number of aromatic nitrogens is 4. The van der Waals surface area contributed by atoms with Crippen LogP contribution in [-0.4, -0.2) is 19.9 Å². The average Bonchev–Trinajstić information content (AvgIpc) is 2.38. The van der Waals surface area contributed by atoms with Crippen molar-refractivity contribution in [2.75, 3.05) is 17.2 Å². The lowest BCUT2D eigenvalue weighted by molar-refractivity contribution is 0.603. The van der Waals surface area contributed by atoms with E-state index in [-0.39, 0.29) is 17.7 Å². The maximum atomic E-state index is 5.98. The number of fused-ring (bicyclic) bond motifs is 1. The van der Waals surface area contributed by atoms with Crippen LogP contribution in [0.5, 0.6) is 0 Å². The number of anilines is 3. The van der Waals surface area contributed by atoms with Crippen LogP contribution in [-0.2, 0) is 0 Å². The Labute approximate surface area is 110 Å². The van der Waals surface area contributed by atoms with Crippen LogP contribution in [0.1, 0.15) is 30.9 Å². The highest BCUT2D eigenvalue weighted by molar-refractivity contribution is 5.83. The summed E-state index contributed by atoms with van der Waals surface area (Å²) in [5.74, 6) is 0.985. The van der Waals surface area contributed by atoms with Crippen LogP contribution in [0, 0.1) is 0 Å². The van der Waals surface area contributed by atoms with E-state index in [1.165, 1.54) is 0 Å². The first-order valence-electron chi connectivity index (χ1n) is 6.16.